The van der Waals surface area contributed by atoms with Gasteiger partial charge in [-0.25, -0.2) is 0 Å². The van der Waals surface area contributed by atoms with Crippen molar-refractivity contribution in [2.75, 3.05) is 24.4 Å². The Kier molecular flexibility index (Phi) is 5.75. The highest BCUT2D eigenvalue weighted by Gasteiger charge is 2.21. The molecule has 5 nitrogen and oxygen atoms in total. The van der Waals surface area contributed by atoms with Crippen molar-refractivity contribution in [1.29, 1.82) is 0 Å². The maximum Gasteiger partial charge on any atom is 0.250 e. The molecule has 1 fully saturated rings. The Bertz CT molecular complexity index is 496. The molecule has 0 aliphatic heterocycles. The van der Waals surface area contributed by atoms with E-state index in [2.05, 4.69) is 10.6 Å². The molecule has 5 heteroatoms. The lowest BCUT2D eigenvalue weighted by Gasteiger charge is -2.20. The van der Waals surface area contributed by atoms with Gasteiger partial charge in [-0.3, -0.25) is 9.59 Å². The number of amides is 2. The van der Waals surface area contributed by atoms with Crippen molar-refractivity contribution in [3.8, 4) is 0 Å². The van der Waals surface area contributed by atoms with Gasteiger partial charge in [-0.1, -0.05) is 25.3 Å². The molecule has 1 aromatic rings. The topological polar surface area (TPSA) is 67.4 Å². The summed E-state index contributed by atoms with van der Waals surface area (Å²) in [5.74, 6) is -0.0196. The molecule has 0 atom stereocenters. The zero-order valence-corrected chi connectivity index (χ0v) is 12.4. The molecule has 1 saturated carbocycles. The first kappa shape index (κ1) is 15.5. The van der Waals surface area contributed by atoms with Gasteiger partial charge < -0.3 is 15.4 Å². The highest BCUT2D eigenvalue weighted by Crippen LogP contribution is 2.25. The third-order valence-corrected chi connectivity index (χ3v) is 3.67. The number of anilines is 2. The van der Waals surface area contributed by atoms with Crippen molar-refractivity contribution in [3.63, 3.8) is 0 Å². The first-order chi connectivity index (χ1) is 10.2. The van der Waals surface area contributed by atoms with E-state index in [1.54, 1.807) is 18.2 Å². The Morgan fingerprint density at radius 2 is 1.81 bits per heavy atom. The standard InChI is InChI=1S/C16H22N2O3/c1-21-11-15(19)17-13-8-5-9-14(10-13)18-16(20)12-6-3-2-4-7-12/h5,8-10,12H,2-4,6-7,11H2,1H3,(H,17,19)(H,18,20). The molecular formula is C16H22N2O3. The largest absolute Gasteiger partial charge is 0.375 e. The molecule has 2 amide bonds. The van der Waals surface area contributed by atoms with E-state index in [9.17, 15) is 9.59 Å². The quantitative estimate of drug-likeness (QED) is 0.876. The summed E-state index contributed by atoms with van der Waals surface area (Å²) in [7, 11) is 1.47. The number of rotatable bonds is 5. The van der Waals surface area contributed by atoms with Gasteiger partial charge in [-0.2, -0.15) is 0 Å². The van der Waals surface area contributed by atoms with Crippen molar-refractivity contribution in [2.24, 2.45) is 5.92 Å². The van der Waals surface area contributed by atoms with Crippen LogP contribution in [0.3, 0.4) is 0 Å². The number of hydrogen-bond acceptors (Lipinski definition) is 3. The number of methoxy groups -OCH3 is 1. The molecule has 0 heterocycles. The Morgan fingerprint density at radius 3 is 2.48 bits per heavy atom. The third-order valence-electron chi connectivity index (χ3n) is 3.67. The van der Waals surface area contributed by atoms with Crippen molar-refractivity contribution in [1.82, 2.24) is 0 Å². The van der Waals surface area contributed by atoms with Crippen LogP contribution in [-0.4, -0.2) is 25.5 Å². The number of hydrogen-bond donors (Lipinski definition) is 2. The van der Waals surface area contributed by atoms with E-state index < -0.39 is 0 Å². The van der Waals surface area contributed by atoms with Crippen molar-refractivity contribution < 1.29 is 14.3 Å². The van der Waals surface area contributed by atoms with Gasteiger partial charge in [0.25, 0.3) is 0 Å². The van der Waals surface area contributed by atoms with Crippen molar-refractivity contribution >= 4 is 23.2 Å². The Hall–Kier alpha value is -1.88. The maximum absolute atomic E-state index is 12.2. The van der Waals surface area contributed by atoms with Crippen molar-refractivity contribution in [3.05, 3.63) is 24.3 Å². The van der Waals surface area contributed by atoms with Gasteiger partial charge in [0, 0.05) is 24.4 Å². The summed E-state index contributed by atoms with van der Waals surface area (Å²) in [6.45, 7) is 0.0126. The van der Waals surface area contributed by atoms with E-state index in [4.69, 9.17) is 4.74 Å². The molecule has 114 valence electrons. The smallest absolute Gasteiger partial charge is 0.250 e. The average Bonchev–Trinajstić information content (AvgIpc) is 2.48. The van der Waals surface area contributed by atoms with Crippen LogP contribution in [0, 0.1) is 5.92 Å². The van der Waals surface area contributed by atoms with Crippen LogP contribution in [0.15, 0.2) is 24.3 Å². The van der Waals surface area contributed by atoms with E-state index in [0.29, 0.717) is 11.4 Å². The number of carbonyl (C=O) groups is 2. The van der Waals surface area contributed by atoms with Crippen LogP contribution in [0.5, 0.6) is 0 Å². The Morgan fingerprint density at radius 1 is 1.14 bits per heavy atom. The van der Waals surface area contributed by atoms with Gasteiger partial charge >= 0.3 is 0 Å². The number of nitrogens with one attached hydrogen (secondary N) is 2. The number of benzene rings is 1. The fourth-order valence-corrected chi connectivity index (χ4v) is 2.61. The Labute approximate surface area is 125 Å². The lowest BCUT2D eigenvalue weighted by Crippen LogP contribution is -2.24. The molecule has 1 aliphatic carbocycles. The second kappa shape index (κ2) is 7.78. The molecule has 2 N–H and O–H groups in total. The van der Waals surface area contributed by atoms with Crippen molar-refractivity contribution in [2.45, 2.75) is 32.1 Å². The molecule has 0 spiro atoms. The minimum atomic E-state index is -0.215. The third kappa shape index (κ3) is 4.86. The molecule has 0 radical (unpaired) electrons. The molecular weight excluding hydrogens is 268 g/mol. The minimum Gasteiger partial charge on any atom is -0.375 e. The van der Waals surface area contributed by atoms with Gasteiger partial charge in [-0.05, 0) is 31.0 Å². The second-order valence-corrected chi connectivity index (χ2v) is 5.39. The molecule has 0 bridgehead atoms. The molecule has 21 heavy (non-hydrogen) atoms. The van der Waals surface area contributed by atoms with E-state index in [1.807, 2.05) is 6.07 Å². The van der Waals surface area contributed by atoms with Crippen LogP contribution < -0.4 is 10.6 Å². The van der Waals surface area contributed by atoms with Crippen LogP contribution >= 0.6 is 0 Å². The van der Waals surface area contributed by atoms with E-state index >= 15 is 0 Å². The van der Waals surface area contributed by atoms with E-state index in [-0.39, 0.29) is 24.3 Å². The van der Waals surface area contributed by atoms with Crippen LogP contribution in [0.2, 0.25) is 0 Å². The van der Waals surface area contributed by atoms with E-state index in [1.165, 1.54) is 13.5 Å². The normalized spacial score (nSPS) is 15.5. The summed E-state index contributed by atoms with van der Waals surface area (Å²) >= 11 is 0. The van der Waals surface area contributed by atoms with Gasteiger partial charge in [0.1, 0.15) is 6.61 Å². The summed E-state index contributed by atoms with van der Waals surface area (Å²) in [6, 6.07) is 7.17. The first-order valence-corrected chi connectivity index (χ1v) is 7.39. The summed E-state index contributed by atoms with van der Waals surface area (Å²) in [5.41, 5.74) is 1.36. The fraction of sp³-hybridized carbons (Fsp3) is 0.500. The Balaban J connectivity index is 1.93. The monoisotopic (exact) mass is 290 g/mol. The lowest BCUT2D eigenvalue weighted by atomic mass is 9.88. The maximum atomic E-state index is 12.2. The molecule has 1 aromatic carbocycles. The van der Waals surface area contributed by atoms with Crippen LogP contribution in [0.1, 0.15) is 32.1 Å². The zero-order chi connectivity index (χ0) is 15.1. The summed E-state index contributed by atoms with van der Waals surface area (Å²) in [4.78, 5) is 23.7. The molecule has 2 rings (SSSR count). The highest BCUT2D eigenvalue weighted by molar-refractivity contribution is 5.95. The zero-order valence-electron chi connectivity index (χ0n) is 12.4. The van der Waals surface area contributed by atoms with E-state index in [0.717, 1.165) is 25.7 Å². The predicted molar refractivity (Wildman–Crippen MR) is 82.2 cm³/mol. The summed E-state index contributed by atoms with van der Waals surface area (Å²) < 4.78 is 4.77. The van der Waals surface area contributed by atoms with Gasteiger partial charge in [0.2, 0.25) is 11.8 Å². The van der Waals surface area contributed by atoms with Gasteiger partial charge in [0.15, 0.2) is 0 Å². The average molecular weight is 290 g/mol. The number of carbonyl (C=O) groups excluding carboxylic acids is 2. The summed E-state index contributed by atoms with van der Waals surface area (Å²) in [6.07, 6.45) is 5.42. The summed E-state index contributed by atoms with van der Waals surface area (Å²) in [5, 5.41) is 5.66. The van der Waals surface area contributed by atoms with Gasteiger partial charge in [-0.15, -0.1) is 0 Å². The second-order valence-electron chi connectivity index (χ2n) is 5.39. The fourth-order valence-electron chi connectivity index (χ4n) is 2.61. The van der Waals surface area contributed by atoms with Crippen LogP contribution in [-0.2, 0) is 14.3 Å². The van der Waals surface area contributed by atoms with Crippen LogP contribution in [0.4, 0.5) is 11.4 Å². The molecule has 1 aliphatic rings. The van der Waals surface area contributed by atoms with Gasteiger partial charge in [0.05, 0.1) is 0 Å². The molecule has 0 saturated heterocycles. The number of ether oxygens (including phenoxy) is 1. The molecule has 0 aromatic heterocycles. The predicted octanol–water partition coefficient (Wildman–Crippen LogP) is 2.79. The molecule has 0 unspecified atom stereocenters. The highest BCUT2D eigenvalue weighted by atomic mass is 16.5. The van der Waals surface area contributed by atoms with Crippen LogP contribution in [0.25, 0.3) is 0 Å². The SMILES string of the molecule is COCC(=O)Nc1cccc(NC(=O)C2CCCCC2)c1. The minimum absolute atomic E-state index is 0.0126. The lowest BCUT2D eigenvalue weighted by molar-refractivity contribution is -0.121. The first-order valence-electron chi connectivity index (χ1n) is 7.39.